The van der Waals surface area contributed by atoms with Crippen LogP contribution in [0.4, 0.5) is 17.1 Å². The topological polar surface area (TPSA) is 8.17 Å². The van der Waals surface area contributed by atoms with Gasteiger partial charge < -0.3 is 9.47 Å². The summed E-state index contributed by atoms with van der Waals surface area (Å²) in [7, 11) is 0. The van der Waals surface area contributed by atoms with E-state index in [0.717, 1.165) is 56.1 Å². The fourth-order valence-electron chi connectivity index (χ4n) is 11.9. The van der Waals surface area contributed by atoms with Crippen molar-refractivity contribution in [1.29, 1.82) is 0 Å². The van der Waals surface area contributed by atoms with E-state index in [9.17, 15) is 0 Å². The Morgan fingerprint density at radius 3 is 1.49 bits per heavy atom. The molecule has 0 saturated heterocycles. The second-order valence-electron chi connectivity index (χ2n) is 22.9. The molecule has 13 rings (SSSR count). The maximum atomic E-state index is 2.58. The molecule has 78 heavy (non-hydrogen) atoms. The first-order valence-electron chi connectivity index (χ1n) is 27.4. The van der Waals surface area contributed by atoms with Crippen molar-refractivity contribution in [3.63, 3.8) is 0 Å². The second kappa shape index (κ2) is 19.4. The molecule has 0 saturated carbocycles. The summed E-state index contributed by atoms with van der Waals surface area (Å²) in [5.74, 6) is 0. The molecule has 2 heteroatoms. The SMILES string of the molecule is CC(C)(C)c1cc(-c2cccc3cccc(-c4ccccc4N(c4cc(-c5cccc6ccccc56)ccc4-c4ccccc4)c4ccccc4-c4cccc5c6ccccc6n(-c6ccccc6)c45)c23)cc(C(C)(C)C)c1. The lowest BCUT2D eigenvalue weighted by Crippen LogP contribution is -2.16. The van der Waals surface area contributed by atoms with Gasteiger partial charge in [-0.15, -0.1) is 0 Å². The van der Waals surface area contributed by atoms with Crippen LogP contribution in [0.2, 0.25) is 0 Å². The van der Waals surface area contributed by atoms with Gasteiger partial charge in [-0.05, 0) is 113 Å². The second-order valence-corrected chi connectivity index (χ2v) is 22.9. The van der Waals surface area contributed by atoms with Crippen LogP contribution in [0.1, 0.15) is 52.7 Å². The van der Waals surface area contributed by atoms with Crippen LogP contribution in [0.25, 0.3) is 105 Å². The summed E-state index contributed by atoms with van der Waals surface area (Å²) in [5.41, 5.74) is 21.0. The van der Waals surface area contributed by atoms with Crippen molar-refractivity contribution >= 4 is 60.4 Å². The molecule has 0 amide bonds. The molecule has 0 spiro atoms. The highest BCUT2D eigenvalue weighted by atomic mass is 15.2. The summed E-state index contributed by atoms with van der Waals surface area (Å²) in [6, 6.07) is 99.2. The van der Waals surface area contributed by atoms with E-state index in [2.05, 4.69) is 318 Å². The molecule has 12 aromatic carbocycles. The van der Waals surface area contributed by atoms with E-state index in [0.29, 0.717) is 0 Å². The molecule has 0 unspecified atom stereocenters. The largest absolute Gasteiger partial charge is 0.309 e. The van der Waals surface area contributed by atoms with E-state index in [4.69, 9.17) is 0 Å². The zero-order chi connectivity index (χ0) is 53.1. The van der Waals surface area contributed by atoms with Crippen LogP contribution in [-0.4, -0.2) is 4.57 Å². The van der Waals surface area contributed by atoms with Crippen LogP contribution in [0, 0.1) is 0 Å². The predicted molar refractivity (Wildman–Crippen MR) is 335 cm³/mol. The summed E-state index contributed by atoms with van der Waals surface area (Å²) in [6.07, 6.45) is 0. The lowest BCUT2D eigenvalue weighted by atomic mass is 9.78. The lowest BCUT2D eigenvalue weighted by Gasteiger charge is -2.32. The van der Waals surface area contributed by atoms with Crippen molar-refractivity contribution in [3.05, 3.63) is 278 Å². The number of para-hydroxylation sites is 5. The Hall–Kier alpha value is -9.24. The molecule has 0 aliphatic rings. The van der Waals surface area contributed by atoms with Crippen molar-refractivity contribution in [2.75, 3.05) is 4.90 Å². The number of rotatable bonds is 9. The average molecular weight is 1000 g/mol. The molecule has 13 aromatic rings. The van der Waals surface area contributed by atoms with Gasteiger partial charge in [-0.25, -0.2) is 0 Å². The fourth-order valence-corrected chi connectivity index (χ4v) is 11.9. The predicted octanol–water partition coefficient (Wildman–Crippen LogP) is 21.5. The fraction of sp³-hybridized carbons (Fsp3) is 0.105. The Labute approximate surface area is 459 Å². The summed E-state index contributed by atoms with van der Waals surface area (Å²) in [5, 5.41) is 7.31. The van der Waals surface area contributed by atoms with E-state index >= 15 is 0 Å². The molecule has 2 nitrogen and oxygen atoms in total. The minimum absolute atomic E-state index is 0.0409. The molecule has 0 aliphatic carbocycles. The zero-order valence-corrected chi connectivity index (χ0v) is 45.3. The van der Waals surface area contributed by atoms with Crippen LogP contribution >= 0.6 is 0 Å². The van der Waals surface area contributed by atoms with Crippen molar-refractivity contribution < 1.29 is 0 Å². The number of anilines is 3. The van der Waals surface area contributed by atoms with Gasteiger partial charge in [0.05, 0.1) is 28.1 Å². The molecule has 1 heterocycles. The van der Waals surface area contributed by atoms with Crippen molar-refractivity contribution in [3.8, 4) is 61.3 Å². The number of aromatic nitrogens is 1. The van der Waals surface area contributed by atoms with Crippen molar-refractivity contribution in [1.82, 2.24) is 4.57 Å². The molecule has 0 radical (unpaired) electrons. The first-order valence-corrected chi connectivity index (χ1v) is 27.4. The number of nitrogens with zero attached hydrogens (tertiary/aromatic N) is 2. The minimum atomic E-state index is -0.0409. The van der Waals surface area contributed by atoms with E-state index in [1.165, 1.54) is 76.7 Å². The normalized spacial score (nSPS) is 12.0. The molecule has 0 atom stereocenters. The quantitative estimate of drug-likeness (QED) is 0.140. The molecule has 1 aromatic heterocycles. The van der Waals surface area contributed by atoms with Crippen molar-refractivity contribution in [2.24, 2.45) is 0 Å². The summed E-state index contributed by atoms with van der Waals surface area (Å²) < 4.78 is 2.46. The third-order valence-electron chi connectivity index (χ3n) is 15.9. The molecule has 0 N–H and O–H groups in total. The summed E-state index contributed by atoms with van der Waals surface area (Å²) in [6.45, 7) is 14.0. The number of hydrogen-bond acceptors (Lipinski definition) is 1. The van der Waals surface area contributed by atoms with Gasteiger partial charge in [-0.3, -0.25) is 0 Å². The van der Waals surface area contributed by atoms with Gasteiger partial charge >= 0.3 is 0 Å². The van der Waals surface area contributed by atoms with Gasteiger partial charge in [0.15, 0.2) is 0 Å². The first-order chi connectivity index (χ1) is 38.0. The Bertz CT molecular complexity index is 4350. The highest BCUT2D eigenvalue weighted by Crippen LogP contribution is 2.52. The highest BCUT2D eigenvalue weighted by molar-refractivity contribution is 6.16. The van der Waals surface area contributed by atoms with Gasteiger partial charge in [0.2, 0.25) is 0 Å². The van der Waals surface area contributed by atoms with Gasteiger partial charge in [0, 0.05) is 38.7 Å². The third kappa shape index (κ3) is 8.55. The Morgan fingerprint density at radius 2 is 0.795 bits per heavy atom. The maximum Gasteiger partial charge on any atom is 0.0620 e. The van der Waals surface area contributed by atoms with Crippen LogP contribution in [0.5, 0.6) is 0 Å². The van der Waals surface area contributed by atoms with E-state index in [-0.39, 0.29) is 10.8 Å². The van der Waals surface area contributed by atoms with Gasteiger partial charge in [0.25, 0.3) is 0 Å². The van der Waals surface area contributed by atoms with E-state index < -0.39 is 0 Å². The Kier molecular flexibility index (Phi) is 12.0. The Morgan fingerprint density at radius 1 is 0.295 bits per heavy atom. The monoisotopic (exact) mass is 1000 g/mol. The van der Waals surface area contributed by atoms with Gasteiger partial charge in [-0.2, -0.15) is 0 Å². The highest BCUT2D eigenvalue weighted by Gasteiger charge is 2.28. The molecular formula is C76H62N2. The summed E-state index contributed by atoms with van der Waals surface area (Å²) >= 11 is 0. The van der Waals surface area contributed by atoms with Crippen molar-refractivity contribution in [2.45, 2.75) is 52.4 Å². The smallest absolute Gasteiger partial charge is 0.0620 e. The van der Waals surface area contributed by atoms with Gasteiger partial charge in [0.1, 0.15) is 0 Å². The number of hydrogen-bond donors (Lipinski definition) is 0. The molecule has 0 fully saturated rings. The number of benzene rings is 12. The van der Waals surface area contributed by atoms with E-state index in [1.54, 1.807) is 0 Å². The molecule has 0 aliphatic heterocycles. The lowest BCUT2D eigenvalue weighted by molar-refractivity contribution is 0.569. The number of fused-ring (bicyclic) bond motifs is 5. The zero-order valence-electron chi connectivity index (χ0n) is 45.3. The van der Waals surface area contributed by atoms with E-state index in [1.807, 2.05) is 0 Å². The van der Waals surface area contributed by atoms with Gasteiger partial charge in [-0.1, -0.05) is 272 Å². The maximum absolute atomic E-state index is 2.58. The third-order valence-corrected chi connectivity index (χ3v) is 15.9. The Balaban J connectivity index is 1.14. The summed E-state index contributed by atoms with van der Waals surface area (Å²) in [4.78, 5) is 2.58. The molecule has 376 valence electrons. The molecular weight excluding hydrogens is 941 g/mol. The molecule has 0 bridgehead atoms. The first kappa shape index (κ1) is 48.4. The van der Waals surface area contributed by atoms with Crippen LogP contribution in [-0.2, 0) is 10.8 Å². The van der Waals surface area contributed by atoms with Crippen LogP contribution < -0.4 is 4.90 Å². The van der Waals surface area contributed by atoms with Crippen LogP contribution in [0.3, 0.4) is 0 Å². The van der Waals surface area contributed by atoms with Crippen LogP contribution in [0.15, 0.2) is 267 Å². The standard InChI is InChI=1S/C76H62N2/c1-75(2,3)56-47-55(48-57(50-56)76(4,5)6)62-38-22-29-53-30-23-39-66(73(53)62)63-34-15-19-43-70(63)78(72-49-54(45-46-61(72)52-25-9-7-10-26-52)60-37-21-28-51-27-13-14-33-59(51)60)71-44-20-17-36-65(71)68-41-24-40-67-64-35-16-18-42-69(64)77(74(67)68)58-31-11-8-12-32-58/h7-50H,1-6H3. The minimum Gasteiger partial charge on any atom is -0.309 e. The average Bonchev–Trinajstić information content (AvgIpc) is 4.05.